The Hall–Kier alpha value is -1.42. The maximum Gasteiger partial charge on any atom is 0.234 e. The van der Waals surface area contributed by atoms with Crippen LogP contribution in [0.25, 0.3) is 0 Å². The van der Waals surface area contributed by atoms with Crippen LogP contribution in [0.3, 0.4) is 0 Å². The maximum absolute atomic E-state index is 13.5. The number of hydrogen-bond donors (Lipinski definition) is 1. The van der Waals surface area contributed by atoms with Gasteiger partial charge in [-0.15, -0.1) is 0 Å². The number of rotatable bonds is 4. The molecule has 1 heterocycles. The number of primary amides is 1. The molecule has 0 aliphatic carbocycles. The quantitative estimate of drug-likeness (QED) is 0.902. The number of benzene rings is 1. The summed E-state index contributed by atoms with van der Waals surface area (Å²) in [6, 6.07) is 9.59. The molecule has 19 heavy (non-hydrogen) atoms. The molecule has 0 aromatic heterocycles. The lowest BCUT2D eigenvalue weighted by molar-refractivity contribution is -0.122. The van der Waals surface area contributed by atoms with Crippen molar-refractivity contribution in [3.63, 3.8) is 0 Å². The minimum Gasteiger partial charge on any atom is -0.368 e. The Bertz CT molecular complexity index is 447. The van der Waals surface area contributed by atoms with Gasteiger partial charge in [0.1, 0.15) is 6.17 Å². The van der Waals surface area contributed by atoms with Crippen LogP contribution in [0.2, 0.25) is 0 Å². The Kier molecular flexibility index (Phi) is 3.90. The zero-order chi connectivity index (χ0) is 14.0. The zero-order valence-electron chi connectivity index (χ0n) is 11.5. The highest BCUT2D eigenvalue weighted by molar-refractivity contribution is 5.80. The molecule has 1 aliphatic rings. The number of hydrogen-bond acceptors (Lipinski definition) is 2. The van der Waals surface area contributed by atoms with E-state index in [1.165, 1.54) is 5.56 Å². The zero-order valence-corrected chi connectivity index (χ0v) is 11.5. The monoisotopic (exact) mass is 264 g/mol. The number of carbonyl (C=O) groups excluding carboxylic acids is 1. The van der Waals surface area contributed by atoms with Gasteiger partial charge in [-0.2, -0.15) is 0 Å². The van der Waals surface area contributed by atoms with Crippen LogP contribution >= 0.6 is 0 Å². The van der Waals surface area contributed by atoms with Crippen LogP contribution in [0.4, 0.5) is 4.39 Å². The fourth-order valence-electron chi connectivity index (χ4n) is 2.81. The fraction of sp³-hybridized carbons (Fsp3) is 0.533. The van der Waals surface area contributed by atoms with Crippen molar-refractivity contribution in [3.05, 3.63) is 35.9 Å². The summed E-state index contributed by atoms with van der Waals surface area (Å²) in [6.07, 6.45) is -0.732. The van der Waals surface area contributed by atoms with Gasteiger partial charge in [0.05, 0.1) is 6.04 Å². The van der Waals surface area contributed by atoms with Gasteiger partial charge in [-0.05, 0) is 5.56 Å². The second-order valence-electron chi connectivity index (χ2n) is 5.93. The molecule has 1 aromatic rings. The highest BCUT2D eigenvalue weighted by Gasteiger charge is 2.38. The molecule has 0 saturated carbocycles. The minimum atomic E-state index is -0.955. The van der Waals surface area contributed by atoms with Crippen molar-refractivity contribution in [2.75, 3.05) is 13.1 Å². The topological polar surface area (TPSA) is 46.3 Å². The normalized spacial score (nSPS) is 24.6. The van der Waals surface area contributed by atoms with Gasteiger partial charge in [0.25, 0.3) is 0 Å². The van der Waals surface area contributed by atoms with Crippen molar-refractivity contribution in [1.29, 1.82) is 0 Å². The molecule has 2 rings (SSSR count). The average Bonchev–Trinajstić information content (AvgIpc) is 2.71. The summed E-state index contributed by atoms with van der Waals surface area (Å²) in [7, 11) is 0. The van der Waals surface area contributed by atoms with Gasteiger partial charge in [-0.1, -0.05) is 44.2 Å². The van der Waals surface area contributed by atoms with Crippen molar-refractivity contribution in [1.82, 2.24) is 4.90 Å². The molecule has 1 fully saturated rings. The van der Waals surface area contributed by atoms with Crippen LogP contribution in [0.5, 0.6) is 0 Å². The third-order valence-corrected chi connectivity index (χ3v) is 3.83. The number of likely N-dealkylation sites (tertiary alicyclic amines) is 1. The molecular formula is C15H21FN2O. The Morgan fingerprint density at radius 2 is 2.05 bits per heavy atom. The summed E-state index contributed by atoms with van der Waals surface area (Å²) in [5.74, 6) is -0.427. The standard InChI is InChI=1S/C15H21FN2O/c1-15(2,11-6-4-3-5-7-11)10-18-9-12(16)8-13(18)14(17)19/h3-7,12-13H,8-10H2,1-2H3,(H2,17,19)/t12-,13+/m1/s1. The first-order valence-corrected chi connectivity index (χ1v) is 6.63. The molecule has 1 aromatic carbocycles. The summed E-state index contributed by atoms with van der Waals surface area (Å²) in [6.45, 7) is 5.13. The second-order valence-corrected chi connectivity index (χ2v) is 5.93. The molecule has 1 aliphatic heterocycles. The summed E-state index contributed by atoms with van der Waals surface area (Å²) >= 11 is 0. The molecule has 104 valence electrons. The van der Waals surface area contributed by atoms with E-state index in [1.807, 2.05) is 23.1 Å². The summed E-state index contributed by atoms with van der Waals surface area (Å²) in [5.41, 5.74) is 6.40. The van der Waals surface area contributed by atoms with Crippen LogP contribution in [0, 0.1) is 0 Å². The molecule has 3 nitrogen and oxygen atoms in total. The number of carbonyl (C=O) groups is 1. The van der Waals surface area contributed by atoms with Crippen molar-refractivity contribution in [2.45, 2.75) is 37.9 Å². The maximum atomic E-state index is 13.5. The van der Waals surface area contributed by atoms with E-state index in [0.29, 0.717) is 13.1 Å². The summed E-state index contributed by atoms with van der Waals surface area (Å²) in [4.78, 5) is 13.3. The first-order chi connectivity index (χ1) is 8.90. The van der Waals surface area contributed by atoms with Crippen LogP contribution < -0.4 is 5.73 Å². The van der Waals surface area contributed by atoms with Gasteiger partial charge < -0.3 is 5.73 Å². The molecule has 1 amide bonds. The van der Waals surface area contributed by atoms with Gasteiger partial charge in [-0.25, -0.2) is 4.39 Å². The Labute approximate surface area is 113 Å². The Morgan fingerprint density at radius 1 is 1.42 bits per heavy atom. The van der Waals surface area contributed by atoms with Crippen LogP contribution in [0.1, 0.15) is 25.8 Å². The first kappa shape index (κ1) is 14.0. The Balaban J connectivity index is 2.13. The Morgan fingerprint density at radius 3 is 2.63 bits per heavy atom. The number of nitrogens with zero attached hydrogens (tertiary/aromatic N) is 1. The van der Waals surface area contributed by atoms with E-state index in [4.69, 9.17) is 5.73 Å². The smallest absolute Gasteiger partial charge is 0.234 e. The van der Waals surface area contributed by atoms with E-state index in [2.05, 4.69) is 26.0 Å². The predicted molar refractivity (Wildman–Crippen MR) is 73.5 cm³/mol. The number of amides is 1. The molecule has 1 saturated heterocycles. The molecule has 0 bridgehead atoms. The van der Waals surface area contributed by atoms with Crippen molar-refractivity contribution >= 4 is 5.91 Å². The third kappa shape index (κ3) is 3.13. The van der Waals surface area contributed by atoms with Gasteiger partial charge in [0, 0.05) is 24.9 Å². The molecule has 0 spiro atoms. The van der Waals surface area contributed by atoms with Crippen molar-refractivity contribution in [3.8, 4) is 0 Å². The summed E-state index contributed by atoms with van der Waals surface area (Å²) in [5, 5.41) is 0. The van der Waals surface area contributed by atoms with E-state index < -0.39 is 18.1 Å². The van der Waals surface area contributed by atoms with Gasteiger partial charge in [0.2, 0.25) is 5.91 Å². The van der Waals surface area contributed by atoms with E-state index >= 15 is 0 Å². The van der Waals surface area contributed by atoms with E-state index in [1.54, 1.807) is 0 Å². The molecule has 2 atom stereocenters. The van der Waals surface area contributed by atoms with E-state index in [-0.39, 0.29) is 11.8 Å². The van der Waals surface area contributed by atoms with Gasteiger partial charge >= 0.3 is 0 Å². The highest BCUT2D eigenvalue weighted by atomic mass is 19.1. The lowest BCUT2D eigenvalue weighted by Crippen LogP contribution is -2.45. The second kappa shape index (κ2) is 5.29. The predicted octanol–water partition coefficient (Wildman–Crippen LogP) is 1.86. The minimum absolute atomic E-state index is 0.140. The van der Waals surface area contributed by atoms with Gasteiger partial charge in [0.15, 0.2) is 0 Å². The highest BCUT2D eigenvalue weighted by Crippen LogP contribution is 2.29. The molecular weight excluding hydrogens is 243 g/mol. The molecule has 0 radical (unpaired) electrons. The van der Waals surface area contributed by atoms with Gasteiger partial charge in [-0.3, -0.25) is 9.69 Å². The van der Waals surface area contributed by atoms with Crippen LogP contribution in [0.15, 0.2) is 30.3 Å². The molecule has 4 heteroatoms. The molecule has 0 unspecified atom stereocenters. The van der Waals surface area contributed by atoms with E-state index in [0.717, 1.165) is 0 Å². The van der Waals surface area contributed by atoms with Crippen molar-refractivity contribution in [2.24, 2.45) is 5.73 Å². The SMILES string of the molecule is CC(C)(CN1C[C@H](F)C[C@H]1C(N)=O)c1ccccc1. The first-order valence-electron chi connectivity index (χ1n) is 6.63. The van der Waals surface area contributed by atoms with Crippen molar-refractivity contribution < 1.29 is 9.18 Å². The number of halogens is 1. The number of nitrogens with two attached hydrogens (primary N) is 1. The third-order valence-electron chi connectivity index (χ3n) is 3.83. The van der Waals surface area contributed by atoms with Crippen LogP contribution in [-0.4, -0.2) is 36.1 Å². The lowest BCUT2D eigenvalue weighted by atomic mass is 9.84. The molecule has 2 N–H and O–H groups in total. The number of alkyl halides is 1. The van der Waals surface area contributed by atoms with E-state index in [9.17, 15) is 9.18 Å². The largest absolute Gasteiger partial charge is 0.368 e. The average molecular weight is 264 g/mol. The van der Waals surface area contributed by atoms with Crippen LogP contribution in [-0.2, 0) is 10.2 Å². The lowest BCUT2D eigenvalue weighted by Gasteiger charge is -2.33. The fourth-order valence-corrected chi connectivity index (χ4v) is 2.81. The summed E-state index contributed by atoms with van der Waals surface area (Å²) < 4.78 is 13.5.